The van der Waals surface area contributed by atoms with Gasteiger partial charge in [0.05, 0.1) is 5.52 Å². The summed E-state index contributed by atoms with van der Waals surface area (Å²) in [5.41, 5.74) is -2.52. The molecule has 0 bridgehead atoms. The van der Waals surface area contributed by atoms with Crippen molar-refractivity contribution in [1.82, 2.24) is 34.0 Å². The number of rotatable bonds is 5. The Morgan fingerprint density at radius 2 is 2.00 bits per heavy atom. The first kappa shape index (κ1) is 21.8. The third-order valence-corrected chi connectivity index (χ3v) is 6.04. The van der Waals surface area contributed by atoms with Crippen LogP contribution in [0.2, 0.25) is 0 Å². The van der Waals surface area contributed by atoms with Crippen LogP contribution in [0.25, 0.3) is 28.4 Å². The lowest BCUT2D eigenvalue weighted by atomic mass is 10.3. The third kappa shape index (κ3) is 3.50. The first-order valence-electron chi connectivity index (χ1n) is 9.16. The fraction of sp³-hybridized carbons (Fsp3) is 0.278. The van der Waals surface area contributed by atoms with E-state index in [2.05, 4.69) is 24.9 Å². The van der Waals surface area contributed by atoms with E-state index in [9.17, 15) is 22.5 Å². The summed E-state index contributed by atoms with van der Waals surface area (Å²) in [6.07, 6.45) is -2.13. The summed E-state index contributed by atoms with van der Waals surface area (Å²) in [5.74, 6) is 0.667. The SMILES string of the molecule is CC[S+]([O-])c1ccc(-n2cncn2)nc1-c1nc2cc(C(F)(F)F)n(OC)c(=O)c2n1C. The van der Waals surface area contributed by atoms with Gasteiger partial charge >= 0.3 is 11.7 Å². The minimum Gasteiger partial charge on any atom is -0.611 e. The van der Waals surface area contributed by atoms with E-state index in [1.165, 1.54) is 29.0 Å². The minimum atomic E-state index is -4.85. The summed E-state index contributed by atoms with van der Waals surface area (Å²) in [6, 6.07) is 3.89. The summed E-state index contributed by atoms with van der Waals surface area (Å²) in [4.78, 5) is 30.4. The van der Waals surface area contributed by atoms with E-state index in [1.807, 2.05) is 0 Å². The summed E-state index contributed by atoms with van der Waals surface area (Å²) in [5, 5.41) is 4.00. The van der Waals surface area contributed by atoms with Crippen LogP contribution in [0, 0.1) is 0 Å². The Morgan fingerprint density at radius 3 is 2.59 bits per heavy atom. The van der Waals surface area contributed by atoms with Crippen molar-refractivity contribution in [2.45, 2.75) is 18.0 Å². The quantitative estimate of drug-likeness (QED) is 0.409. The van der Waals surface area contributed by atoms with Gasteiger partial charge in [-0.25, -0.2) is 19.6 Å². The van der Waals surface area contributed by atoms with Gasteiger partial charge in [0.1, 0.15) is 31.0 Å². The predicted octanol–water partition coefficient (Wildman–Crippen LogP) is 1.58. The van der Waals surface area contributed by atoms with E-state index in [0.29, 0.717) is 10.7 Å². The lowest BCUT2D eigenvalue weighted by Crippen LogP contribution is -2.32. The van der Waals surface area contributed by atoms with Crippen molar-refractivity contribution in [3.63, 3.8) is 0 Å². The molecule has 4 aromatic rings. The molecule has 0 N–H and O–H groups in total. The second kappa shape index (κ2) is 7.94. The van der Waals surface area contributed by atoms with E-state index in [-0.39, 0.29) is 33.0 Å². The standard InChI is InChI=1S/C18H16F3N7O3S/c1-4-32(30)11-5-6-13(27-9-22-8-23-27)25-14(11)16-24-10-7-12(18(19,20)21)28(31-3)17(29)15(10)26(16)2/h5-9H,4H2,1-3H3. The Bertz CT molecular complexity index is 1350. The number of halogens is 3. The maximum atomic E-state index is 13.5. The van der Waals surface area contributed by atoms with E-state index in [4.69, 9.17) is 0 Å². The number of aryl methyl sites for hydroxylation is 1. The van der Waals surface area contributed by atoms with Gasteiger partial charge in [-0.3, -0.25) is 4.79 Å². The van der Waals surface area contributed by atoms with Gasteiger partial charge in [0, 0.05) is 7.05 Å². The van der Waals surface area contributed by atoms with Crippen LogP contribution in [-0.2, 0) is 24.4 Å². The monoisotopic (exact) mass is 467 g/mol. The predicted molar refractivity (Wildman–Crippen MR) is 108 cm³/mol. The molecule has 10 nitrogen and oxygen atoms in total. The van der Waals surface area contributed by atoms with Crippen molar-refractivity contribution in [2.75, 3.05) is 12.9 Å². The van der Waals surface area contributed by atoms with Gasteiger partial charge in [-0.1, -0.05) is 0 Å². The fourth-order valence-corrected chi connectivity index (χ4v) is 4.13. The number of hydrogen-bond acceptors (Lipinski definition) is 7. The average Bonchev–Trinajstić information content (AvgIpc) is 3.40. The summed E-state index contributed by atoms with van der Waals surface area (Å²) in [7, 11) is 2.42. The van der Waals surface area contributed by atoms with Crippen LogP contribution in [0.3, 0.4) is 0 Å². The Kier molecular flexibility index (Phi) is 5.42. The molecule has 0 saturated heterocycles. The van der Waals surface area contributed by atoms with Crippen LogP contribution in [0.15, 0.2) is 40.5 Å². The van der Waals surface area contributed by atoms with Crippen LogP contribution < -0.4 is 10.4 Å². The minimum absolute atomic E-state index is 0.0674. The van der Waals surface area contributed by atoms with Gasteiger partial charge < -0.3 is 14.0 Å². The molecule has 32 heavy (non-hydrogen) atoms. The Hall–Kier alpha value is -3.39. The molecule has 0 aliphatic rings. The van der Waals surface area contributed by atoms with E-state index < -0.39 is 28.6 Å². The van der Waals surface area contributed by atoms with E-state index in [1.54, 1.807) is 19.1 Å². The van der Waals surface area contributed by atoms with Crippen LogP contribution in [0.1, 0.15) is 12.6 Å². The maximum absolute atomic E-state index is 13.5. The zero-order chi connectivity index (χ0) is 23.2. The van der Waals surface area contributed by atoms with Gasteiger partial charge in [0.2, 0.25) is 0 Å². The van der Waals surface area contributed by atoms with Gasteiger partial charge in [-0.15, -0.1) is 4.73 Å². The number of hydrogen-bond donors (Lipinski definition) is 0. The highest BCUT2D eigenvalue weighted by atomic mass is 32.2. The molecule has 0 amide bonds. The molecule has 0 fully saturated rings. The van der Waals surface area contributed by atoms with Gasteiger partial charge in [0.15, 0.2) is 27.9 Å². The molecule has 168 valence electrons. The summed E-state index contributed by atoms with van der Waals surface area (Å²) >= 11 is -1.47. The molecule has 0 aliphatic carbocycles. The number of nitrogens with zero attached hydrogens (tertiary/aromatic N) is 7. The smallest absolute Gasteiger partial charge is 0.435 e. The summed E-state index contributed by atoms with van der Waals surface area (Å²) < 4.78 is 55.9. The molecule has 4 heterocycles. The molecule has 0 radical (unpaired) electrons. The van der Waals surface area contributed by atoms with Gasteiger partial charge in [-0.2, -0.15) is 18.3 Å². The van der Waals surface area contributed by atoms with Crippen molar-refractivity contribution < 1.29 is 22.6 Å². The molecule has 0 aromatic carbocycles. The van der Waals surface area contributed by atoms with E-state index in [0.717, 1.165) is 13.2 Å². The zero-order valence-corrected chi connectivity index (χ0v) is 17.8. The molecule has 0 spiro atoms. The molecule has 0 saturated carbocycles. The van der Waals surface area contributed by atoms with Crippen LogP contribution in [-0.4, -0.2) is 51.4 Å². The first-order valence-corrected chi connectivity index (χ1v) is 10.5. The Morgan fingerprint density at radius 1 is 1.25 bits per heavy atom. The molecule has 1 unspecified atom stereocenters. The van der Waals surface area contributed by atoms with Gasteiger partial charge in [0.25, 0.3) is 0 Å². The number of pyridine rings is 2. The van der Waals surface area contributed by atoms with Crippen molar-refractivity contribution in [1.29, 1.82) is 0 Å². The molecule has 1 atom stereocenters. The second-order valence-corrected chi connectivity index (χ2v) is 8.24. The number of imidazole rings is 1. The van der Waals surface area contributed by atoms with Crippen molar-refractivity contribution in [3.05, 3.63) is 46.9 Å². The topological polar surface area (TPSA) is 116 Å². The molecule has 4 rings (SSSR count). The van der Waals surface area contributed by atoms with Crippen molar-refractivity contribution in [3.8, 4) is 17.3 Å². The molecular formula is C18H16F3N7O3S. The molecular weight excluding hydrogens is 451 g/mol. The molecule has 14 heteroatoms. The average molecular weight is 467 g/mol. The highest BCUT2D eigenvalue weighted by Crippen LogP contribution is 2.32. The lowest BCUT2D eigenvalue weighted by Gasteiger charge is -2.14. The highest BCUT2D eigenvalue weighted by Gasteiger charge is 2.37. The maximum Gasteiger partial charge on any atom is 0.435 e. The van der Waals surface area contributed by atoms with Crippen molar-refractivity contribution in [2.24, 2.45) is 7.05 Å². The van der Waals surface area contributed by atoms with Crippen LogP contribution in [0.4, 0.5) is 13.2 Å². The summed E-state index contributed by atoms with van der Waals surface area (Å²) in [6.45, 7) is 1.72. The van der Waals surface area contributed by atoms with Crippen LogP contribution in [0.5, 0.6) is 0 Å². The van der Waals surface area contributed by atoms with Gasteiger partial charge in [-0.05, 0) is 36.3 Å². The molecule has 0 aliphatic heterocycles. The zero-order valence-electron chi connectivity index (χ0n) is 17.0. The Labute approximate surface area is 181 Å². The van der Waals surface area contributed by atoms with E-state index >= 15 is 0 Å². The normalized spacial score (nSPS) is 13.0. The number of alkyl halides is 3. The largest absolute Gasteiger partial charge is 0.611 e. The van der Waals surface area contributed by atoms with Crippen molar-refractivity contribution >= 4 is 22.2 Å². The fourth-order valence-electron chi connectivity index (χ4n) is 3.25. The van der Waals surface area contributed by atoms with Crippen LogP contribution >= 0.6 is 0 Å². The number of aromatic nitrogens is 7. The first-order chi connectivity index (χ1) is 15.2. The lowest BCUT2D eigenvalue weighted by molar-refractivity contribution is -0.151. The number of fused-ring (bicyclic) bond motifs is 1. The second-order valence-electron chi connectivity index (χ2n) is 6.53. The molecule has 4 aromatic heterocycles. The third-order valence-electron chi connectivity index (χ3n) is 4.69. The highest BCUT2D eigenvalue weighted by molar-refractivity contribution is 7.91. The Balaban J connectivity index is 2.03.